The Labute approximate surface area is 295 Å². The fourth-order valence-corrected chi connectivity index (χ4v) is 6.64. The lowest BCUT2D eigenvalue weighted by atomic mass is 9.91. The summed E-state index contributed by atoms with van der Waals surface area (Å²) in [5.41, 5.74) is 8.11. The van der Waals surface area contributed by atoms with Crippen LogP contribution in [0.1, 0.15) is 56.6 Å². The molecule has 0 radical (unpaired) electrons. The van der Waals surface area contributed by atoms with E-state index < -0.39 is 11.7 Å². The number of hydrogen-bond donors (Lipinski definition) is 6. The van der Waals surface area contributed by atoms with Crippen molar-refractivity contribution in [3.8, 4) is 35.0 Å². The Morgan fingerprint density at radius 3 is 2.84 bits per heavy atom. The molecule has 1 fully saturated rings. The molecule has 0 spiro atoms. The normalized spacial score (nSPS) is 20.6. The number of anilines is 1. The number of guanidine groups is 1. The summed E-state index contributed by atoms with van der Waals surface area (Å²) < 4.78 is 24.0. The van der Waals surface area contributed by atoms with Gasteiger partial charge in [0.25, 0.3) is 0 Å². The fraction of sp³-hybridized carbons (Fsp3) is 0.526. The van der Waals surface area contributed by atoms with Gasteiger partial charge in [-0.25, -0.2) is 0 Å². The molecule has 4 atom stereocenters. The zero-order valence-corrected chi connectivity index (χ0v) is 29.7. The Balaban J connectivity index is 1.47. The maximum Gasteiger partial charge on any atom is 0.205 e. The van der Waals surface area contributed by atoms with Gasteiger partial charge < -0.3 is 45.5 Å². The van der Waals surface area contributed by atoms with Crippen LogP contribution in [0, 0.1) is 23.9 Å². The van der Waals surface area contributed by atoms with Crippen molar-refractivity contribution >= 4 is 17.4 Å². The van der Waals surface area contributed by atoms with Gasteiger partial charge in [0.1, 0.15) is 11.7 Å². The van der Waals surface area contributed by atoms with E-state index in [1.165, 1.54) is 7.11 Å². The molecule has 2 aromatic carbocycles. The first-order valence-electron chi connectivity index (χ1n) is 17.3. The molecule has 0 aromatic heterocycles. The second-order valence-corrected chi connectivity index (χ2v) is 13.1. The Morgan fingerprint density at radius 1 is 1.24 bits per heavy atom. The van der Waals surface area contributed by atoms with Crippen LogP contribution in [0.15, 0.2) is 47.5 Å². The van der Waals surface area contributed by atoms with Crippen molar-refractivity contribution < 1.29 is 34.0 Å². The van der Waals surface area contributed by atoms with Gasteiger partial charge in [-0.05, 0) is 106 Å². The number of carbonyl (C=O) groups excluding carboxylic acids is 1. The van der Waals surface area contributed by atoms with Crippen LogP contribution in [0.5, 0.6) is 23.0 Å². The third-order valence-corrected chi connectivity index (χ3v) is 9.05. The highest BCUT2D eigenvalue weighted by atomic mass is 16.5. The first-order valence-corrected chi connectivity index (χ1v) is 17.3. The number of likely N-dealkylation sites (N-methyl/N-ethyl adjacent to an activating group) is 1. The van der Waals surface area contributed by atoms with Crippen LogP contribution < -0.4 is 35.9 Å². The molecule has 0 unspecified atom stereocenters. The SMILES string of the molecule is CN=C(N)Nc1cc(CCC=CC(=O)CCc2ccc(O)c(OC)c2)cc2c1OC#CC[C@H]1C[C@@](CNC)(C[C@@H]1CCOCNC[C@H](C)O)O2. The number of nitrogens with zero attached hydrogens (tertiary/aromatic N) is 1. The molecule has 2 aliphatic rings. The van der Waals surface area contributed by atoms with E-state index >= 15 is 0 Å². The smallest absolute Gasteiger partial charge is 0.205 e. The summed E-state index contributed by atoms with van der Waals surface area (Å²) in [5, 5.41) is 28.9. The Hall–Kier alpha value is -4.28. The number of rotatable bonds is 18. The van der Waals surface area contributed by atoms with Crippen LogP contribution >= 0.6 is 0 Å². The molecular formula is C38H53N5O7. The van der Waals surface area contributed by atoms with Crippen molar-refractivity contribution in [1.29, 1.82) is 0 Å². The molecule has 1 saturated carbocycles. The molecule has 1 aliphatic carbocycles. The lowest BCUT2D eigenvalue weighted by molar-refractivity contribution is -0.114. The molecule has 2 bridgehead atoms. The molecule has 12 nitrogen and oxygen atoms in total. The van der Waals surface area contributed by atoms with Crippen molar-refractivity contribution in [2.45, 2.75) is 70.0 Å². The number of benzene rings is 2. The number of ketones is 1. The number of phenolic OH excluding ortho intramolecular Hbond substituents is 1. The molecule has 7 N–H and O–H groups in total. The number of nitrogens with one attached hydrogen (secondary N) is 3. The minimum absolute atomic E-state index is 0.0212. The average molecular weight is 692 g/mol. The molecule has 12 heteroatoms. The van der Waals surface area contributed by atoms with Gasteiger partial charge in [-0.15, -0.1) is 0 Å². The molecule has 1 heterocycles. The van der Waals surface area contributed by atoms with E-state index in [1.807, 2.05) is 25.3 Å². The van der Waals surface area contributed by atoms with Crippen LogP contribution in [-0.2, 0) is 22.4 Å². The van der Waals surface area contributed by atoms with Gasteiger partial charge >= 0.3 is 0 Å². The van der Waals surface area contributed by atoms with Crippen molar-refractivity contribution in [2.24, 2.45) is 22.6 Å². The molecule has 2 aromatic rings. The maximum atomic E-state index is 12.6. The standard InChI is InChI=1S/C38H53N5O7/c1-26(44)23-42-25-48-17-15-30-22-38(24-40-2)21-29(30)9-7-16-49-36-32(43-37(39)41-3)18-28(20-35(36)50-38)8-5-6-10-31(45)13-11-27-12-14-33(46)34(19-27)47-4/h6,10,12,14,18-20,26,29-30,40,42,44,46H,5,8-9,11,13,15,17,21-25H2,1-4H3,(H3,39,41,43)/t26-,29-,30-,38-/m0/s1. The molecule has 0 saturated heterocycles. The minimum Gasteiger partial charge on any atom is -0.504 e. The largest absolute Gasteiger partial charge is 0.504 e. The van der Waals surface area contributed by atoms with E-state index in [9.17, 15) is 15.0 Å². The molecule has 0 amide bonds. The number of nitrogens with two attached hydrogens (primary N) is 1. The van der Waals surface area contributed by atoms with Gasteiger partial charge in [-0.2, -0.15) is 0 Å². The van der Waals surface area contributed by atoms with Gasteiger partial charge in [0, 0.05) is 39.6 Å². The number of phenols is 1. The summed E-state index contributed by atoms with van der Waals surface area (Å²) in [6, 6.07) is 9.06. The van der Waals surface area contributed by atoms with Crippen LogP contribution in [0.25, 0.3) is 0 Å². The summed E-state index contributed by atoms with van der Waals surface area (Å²) in [6.07, 6.45) is 11.4. The average Bonchev–Trinajstić information content (AvgIpc) is 3.42. The zero-order chi connectivity index (χ0) is 35.9. The predicted octanol–water partition coefficient (Wildman–Crippen LogP) is 3.89. The van der Waals surface area contributed by atoms with Gasteiger partial charge in [0.2, 0.25) is 5.75 Å². The van der Waals surface area contributed by atoms with Crippen LogP contribution in [-0.4, -0.2) is 81.3 Å². The molecule has 1 aliphatic heterocycles. The fourth-order valence-electron chi connectivity index (χ4n) is 6.64. The summed E-state index contributed by atoms with van der Waals surface area (Å²) >= 11 is 0. The summed E-state index contributed by atoms with van der Waals surface area (Å²) in [6.45, 7) is 3.87. The number of aliphatic imine (C=N–C) groups is 1. The number of aryl methyl sites for hydroxylation is 2. The van der Waals surface area contributed by atoms with Crippen molar-refractivity contribution in [2.75, 3.05) is 52.9 Å². The van der Waals surface area contributed by atoms with Crippen molar-refractivity contribution in [3.05, 3.63) is 53.6 Å². The van der Waals surface area contributed by atoms with E-state index in [1.54, 1.807) is 38.2 Å². The molecule has 50 heavy (non-hydrogen) atoms. The highest BCUT2D eigenvalue weighted by molar-refractivity contribution is 5.94. The lowest BCUT2D eigenvalue weighted by Crippen LogP contribution is -2.43. The van der Waals surface area contributed by atoms with Crippen molar-refractivity contribution in [1.82, 2.24) is 10.6 Å². The van der Waals surface area contributed by atoms with Crippen LogP contribution in [0.2, 0.25) is 0 Å². The number of aromatic hydroxyl groups is 1. The van der Waals surface area contributed by atoms with E-state index in [0.29, 0.717) is 93.3 Å². The number of aliphatic hydroxyl groups excluding tert-OH is 1. The van der Waals surface area contributed by atoms with E-state index in [-0.39, 0.29) is 17.5 Å². The van der Waals surface area contributed by atoms with Gasteiger partial charge in [-0.1, -0.05) is 18.1 Å². The van der Waals surface area contributed by atoms with E-state index in [4.69, 9.17) is 24.7 Å². The van der Waals surface area contributed by atoms with Gasteiger partial charge in [-0.3, -0.25) is 15.1 Å². The van der Waals surface area contributed by atoms with Gasteiger partial charge in [0.05, 0.1) is 25.6 Å². The number of allylic oxidation sites excluding steroid dienone is 2. The second kappa shape index (κ2) is 19.2. The molecular weight excluding hydrogens is 638 g/mol. The minimum atomic E-state index is -0.486. The first kappa shape index (κ1) is 38.5. The quantitative estimate of drug-likeness (QED) is 0.0335. The highest BCUT2D eigenvalue weighted by Gasteiger charge is 2.47. The Morgan fingerprint density at radius 2 is 2.08 bits per heavy atom. The molecule has 4 rings (SSSR count). The molecule has 272 valence electrons. The van der Waals surface area contributed by atoms with E-state index in [2.05, 4.69) is 33.0 Å². The van der Waals surface area contributed by atoms with Crippen molar-refractivity contribution in [3.63, 3.8) is 0 Å². The monoisotopic (exact) mass is 691 g/mol. The third-order valence-electron chi connectivity index (χ3n) is 9.05. The summed E-state index contributed by atoms with van der Waals surface area (Å²) in [4.78, 5) is 16.7. The summed E-state index contributed by atoms with van der Waals surface area (Å²) in [5.74, 6) is 5.65. The second-order valence-electron chi connectivity index (χ2n) is 13.1. The van der Waals surface area contributed by atoms with Gasteiger partial charge in [0.15, 0.2) is 29.0 Å². The Bertz CT molecular complexity index is 1550. The number of fused-ring (bicyclic) bond motifs is 3. The van der Waals surface area contributed by atoms with E-state index in [0.717, 1.165) is 30.4 Å². The third kappa shape index (κ3) is 11.4. The predicted molar refractivity (Wildman–Crippen MR) is 195 cm³/mol. The number of hydrogen-bond acceptors (Lipinski definition) is 10. The van der Waals surface area contributed by atoms with Crippen LogP contribution in [0.4, 0.5) is 5.69 Å². The Kier molecular flexibility index (Phi) is 14.8. The lowest BCUT2D eigenvalue weighted by Gasteiger charge is -2.32. The first-order chi connectivity index (χ1) is 24.1. The topological polar surface area (TPSA) is 169 Å². The summed E-state index contributed by atoms with van der Waals surface area (Å²) in [7, 11) is 5.04. The number of aliphatic hydroxyl groups is 1. The van der Waals surface area contributed by atoms with Crippen LogP contribution in [0.3, 0.4) is 0 Å². The number of ether oxygens (including phenoxy) is 4. The maximum absolute atomic E-state index is 12.6. The number of carbonyl (C=O) groups is 1. The zero-order valence-electron chi connectivity index (χ0n) is 29.7. The number of methoxy groups -OCH3 is 1. The highest BCUT2D eigenvalue weighted by Crippen LogP contribution is 2.48.